The molecule has 7 heteroatoms. The number of nitrogens with one attached hydrogen (secondary N) is 2. The Morgan fingerprint density at radius 1 is 1.12 bits per heavy atom. The van der Waals surface area contributed by atoms with Gasteiger partial charge in [0.1, 0.15) is 6.54 Å². The van der Waals surface area contributed by atoms with Gasteiger partial charge in [-0.3, -0.25) is 9.36 Å². The first-order chi connectivity index (χ1) is 11.6. The average molecular weight is 327 g/mol. The fraction of sp³-hybridized carbons (Fsp3) is 0.176. The Morgan fingerprint density at radius 2 is 1.88 bits per heavy atom. The lowest BCUT2D eigenvalue weighted by atomic mass is 10.2. The lowest BCUT2D eigenvalue weighted by Crippen LogP contribution is -2.25. The molecule has 2 aromatic carbocycles. The van der Waals surface area contributed by atoms with Gasteiger partial charge in [0.2, 0.25) is 5.91 Å². The molecule has 0 radical (unpaired) electrons. The van der Waals surface area contributed by atoms with Crippen LogP contribution in [0.1, 0.15) is 0 Å². The van der Waals surface area contributed by atoms with Gasteiger partial charge in [0.25, 0.3) is 0 Å². The monoisotopic (exact) mass is 327 g/mol. The molecule has 0 bridgehead atoms. The van der Waals surface area contributed by atoms with Crippen LogP contribution in [0.3, 0.4) is 0 Å². The number of methoxy groups -OCH3 is 2. The second kappa shape index (κ2) is 6.49. The third kappa shape index (κ3) is 2.96. The van der Waals surface area contributed by atoms with E-state index in [4.69, 9.17) is 9.47 Å². The van der Waals surface area contributed by atoms with Crippen LogP contribution in [0.15, 0.2) is 47.3 Å². The van der Waals surface area contributed by atoms with Crippen molar-refractivity contribution in [3.63, 3.8) is 0 Å². The van der Waals surface area contributed by atoms with Crippen LogP contribution < -0.4 is 20.5 Å². The van der Waals surface area contributed by atoms with Crippen molar-refractivity contribution in [3.05, 3.63) is 52.9 Å². The summed E-state index contributed by atoms with van der Waals surface area (Å²) in [6.45, 7) is -0.0861. The van der Waals surface area contributed by atoms with Crippen LogP contribution in [-0.2, 0) is 11.3 Å². The van der Waals surface area contributed by atoms with Crippen LogP contribution in [-0.4, -0.2) is 29.7 Å². The molecule has 0 saturated heterocycles. The van der Waals surface area contributed by atoms with E-state index in [0.29, 0.717) is 28.2 Å². The van der Waals surface area contributed by atoms with Crippen molar-refractivity contribution in [2.45, 2.75) is 6.54 Å². The molecule has 0 unspecified atom stereocenters. The minimum atomic E-state index is -0.321. The molecule has 124 valence electrons. The second-order valence-corrected chi connectivity index (χ2v) is 5.15. The standard InChI is InChI=1S/C17H17N3O4/c1-23-14-8-7-11(9-15(14)24-2)18-16(21)10-20-13-6-4-3-5-12(13)19-17(20)22/h3-9H,10H2,1-2H3,(H,18,21)(H,19,22). The highest BCUT2D eigenvalue weighted by Crippen LogP contribution is 2.29. The Hall–Kier alpha value is -3.22. The van der Waals surface area contributed by atoms with Gasteiger partial charge in [-0.15, -0.1) is 0 Å². The van der Waals surface area contributed by atoms with Crippen molar-refractivity contribution in [1.82, 2.24) is 9.55 Å². The fourth-order valence-electron chi connectivity index (χ4n) is 2.52. The molecular formula is C17H17N3O4. The minimum absolute atomic E-state index is 0.0861. The maximum atomic E-state index is 12.3. The van der Waals surface area contributed by atoms with Gasteiger partial charge in [-0.1, -0.05) is 12.1 Å². The Kier molecular flexibility index (Phi) is 4.24. The first-order valence-electron chi connectivity index (χ1n) is 7.32. The van der Waals surface area contributed by atoms with Crippen LogP contribution in [0, 0.1) is 0 Å². The van der Waals surface area contributed by atoms with Gasteiger partial charge in [0.15, 0.2) is 11.5 Å². The van der Waals surface area contributed by atoms with E-state index >= 15 is 0 Å². The van der Waals surface area contributed by atoms with Crippen molar-refractivity contribution in [2.75, 3.05) is 19.5 Å². The maximum absolute atomic E-state index is 12.3. The van der Waals surface area contributed by atoms with Gasteiger partial charge in [-0.05, 0) is 24.3 Å². The highest BCUT2D eigenvalue weighted by Gasteiger charge is 2.12. The number of imidazole rings is 1. The van der Waals surface area contributed by atoms with E-state index in [2.05, 4.69) is 10.3 Å². The average Bonchev–Trinajstić information content (AvgIpc) is 2.90. The number of nitrogens with zero attached hydrogens (tertiary/aromatic N) is 1. The van der Waals surface area contributed by atoms with Crippen LogP contribution >= 0.6 is 0 Å². The van der Waals surface area contributed by atoms with Crippen molar-refractivity contribution in [2.24, 2.45) is 0 Å². The Bertz CT molecular complexity index is 942. The third-order valence-electron chi connectivity index (χ3n) is 3.65. The molecule has 0 aliphatic rings. The molecule has 0 aliphatic heterocycles. The van der Waals surface area contributed by atoms with Crippen LogP contribution in [0.5, 0.6) is 11.5 Å². The summed E-state index contributed by atoms with van der Waals surface area (Å²) >= 11 is 0. The number of hydrogen-bond acceptors (Lipinski definition) is 4. The Morgan fingerprint density at radius 3 is 2.62 bits per heavy atom. The zero-order valence-electron chi connectivity index (χ0n) is 13.3. The van der Waals surface area contributed by atoms with E-state index in [1.54, 1.807) is 37.4 Å². The highest BCUT2D eigenvalue weighted by atomic mass is 16.5. The number of carbonyl (C=O) groups is 1. The molecule has 0 atom stereocenters. The zero-order valence-corrected chi connectivity index (χ0v) is 13.3. The van der Waals surface area contributed by atoms with Crippen LogP contribution in [0.25, 0.3) is 11.0 Å². The predicted molar refractivity (Wildman–Crippen MR) is 90.7 cm³/mol. The zero-order chi connectivity index (χ0) is 17.1. The van der Waals surface area contributed by atoms with Crippen LogP contribution in [0.2, 0.25) is 0 Å². The van der Waals surface area contributed by atoms with Gasteiger partial charge in [0.05, 0.1) is 25.3 Å². The molecule has 1 heterocycles. The lowest BCUT2D eigenvalue weighted by molar-refractivity contribution is -0.116. The number of aromatic nitrogens is 2. The number of carbonyl (C=O) groups excluding carboxylic acids is 1. The van der Waals surface area contributed by atoms with E-state index in [-0.39, 0.29) is 18.1 Å². The number of hydrogen-bond donors (Lipinski definition) is 2. The molecule has 24 heavy (non-hydrogen) atoms. The number of benzene rings is 2. The molecule has 2 N–H and O–H groups in total. The summed E-state index contributed by atoms with van der Waals surface area (Å²) in [4.78, 5) is 27.0. The number of amides is 1. The van der Waals surface area contributed by atoms with Crippen LogP contribution in [0.4, 0.5) is 5.69 Å². The van der Waals surface area contributed by atoms with E-state index in [1.165, 1.54) is 11.7 Å². The van der Waals surface area contributed by atoms with Gasteiger partial charge >= 0.3 is 5.69 Å². The van der Waals surface area contributed by atoms with Crippen molar-refractivity contribution in [3.8, 4) is 11.5 Å². The number of ether oxygens (including phenoxy) is 2. The van der Waals surface area contributed by atoms with E-state index in [1.807, 2.05) is 12.1 Å². The molecule has 3 rings (SSSR count). The molecule has 0 aliphatic carbocycles. The smallest absolute Gasteiger partial charge is 0.326 e. The largest absolute Gasteiger partial charge is 0.493 e. The molecule has 0 saturated carbocycles. The van der Waals surface area contributed by atoms with Crippen molar-refractivity contribution in [1.29, 1.82) is 0 Å². The lowest BCUT2D eigenvalue weighted by Gasteiger charge is -2.11. The topological polar surface area (TPSA) is 85.4 Å². The summed E-state index contributed by atoms with van der Waals surface area (Å²) in [5.41, 5.74) is 1.62. The summed E-state index contributed by atoms with van der Waals surface area (Å²) in [5, 5.41) is 2.75. The third-order valence-corrected chi connectivity index (χ3v) is 3.65. The molecule has 0 fully saturated rings. The first kappa shape index (κ1) is 15.7. The molecule has 0 spiro atoms. The summed E-state index contributed by atoms with van der Waals surface area (Å²) < 4.78 is 11.8. The second-order valence-electron chi connectivity index (χ2n) is 5.15. The molecule has 1 aromatic heterocycles. The van der Waals surface area contributed by atoms with E-state index in [9.17, 15) is 9.59 Å². The predicted octanol–water partition coefficient (Wildman–Crippen LogP) is 1.99. The number of H-pyrrole nitrogens is 1. The number of fused-ring (bicyclic) bond motifs is 1. The summed E-state index contributed by atoms with van der Waals surface area (Å²) in [6.07, 6.45) is 0. The molecular weight excluding hydrogens is 310 g/mol. The summed E-state index contributed by atoms with van der Waals surface area (Å²) in [7, 11) is 3.06. The van der Waals surface area contributed by atoms with Gasteiger partial charge < -0.3 is 19.8 Å². The van der Waals surface area contributed by atoms with Gasteiger partial charge in [-0.25, -0.2) is 4.79 Å². The highest BCUT2D eigenvalue weighted by molar-refractivity contribution is 5.92. The van der Waals surface area contributed by atoms with Crippen molar-refractivity contribution >= 4 is 22.6 Å². The number of aromatic amines is 1. The van der Waals surface area contributed by atoms with E-state index in [0.717, 1.165) is 0 Å². The van der Waals surface area contributed by atoms with Crippen molar-refractivity contribution < 1.29 is 14.3 Å². The molecule has 7 nitrogen and oxygen atoms in total. The first-order valence-corrected chi connectivity index (χ1v) is 7.32. The number of anilines is 1. The van der Waals surface area contributed by atoms with E-state index < -0.39 is 0 Å². The maximum Gasteiger partial charge on any atom is 0.326 e. The SMILES string of the molecule is COc1ccc(NC(=O)Cn2c(=O)[nH]c3ccccc32)cc1OC. The van der Waals surface area contributed by atoms with Gasteiger partial charge in [0, 0.05) is 11.8 Å². The number of rotatable bonds is 5. The van der Waals surface area contributed by atoms with Gasteiger partial charge in [-0.2, -0.15) is 0 Å². The Balaban J connectivity index is 1.80. The Labute approximate surface area is 137 Å². The summed E-state index contributed by atoms with van der Waals surface area (Å²) in [5.74, 6) is 0.775. The fourth-order valence-corrected chi connectivity index (χ4v) is 2.52. The quantitative estimate of drug-likeness (QED) is 0.750. The molecule has 3 aromatic rings. The normalized spacial score (nSPS) is 10.6. The molecule has 1 amide bonds. The number of para-hydroxylation sites is 2. The summed E-state index contributed by atoms with van der Waals surface area (Å²) in [6, 6.07) is 12.3. The minimum Gasteiger partial charge on any atom is -0.493 e.